The number of carbonyl (C=O) groups excluding carboxylic acids is 1. The standard InChI is InChI=1S/C14H20BrN3O2/c1-14(2,20)10-17-3-5-18(6-4-17)13(19)11-7-12(15)9-16-8-11/h7-9,20H,3-6,10H2,1-2H3. The highest BCUT2D eigenvalue weighted by atomic mass is 79.9. The van der Waals surface area contributed by atoms with Gasteiger partial charge in [0.05, 0.1) is 11.2 Å². The highest BCUT2D eigenvalue weighted by Crippen LogP contribution is 2.14. The molecule has 1 amide bonds. The first kappa shape index (κ1) is 15.4. The number of β-amino-alcohol motifs (C(OH)–C–C–N with tert-alkyl or cyclic N) is 1. The summed E-state index contributed by atoms with van der Waals surface area (Å²) in [4.78, 5) is 20.4. The third-order valence-corrected chi connectivity index (χ3v) is 3.66. The summed E-state index contributed by atoms with van der Waals surface area (Å²) in [6, 6.07) is 1.79. The van der Waals surface area contributed by atoms with Crippen LogP contribution in [-0.4, -0.2) is 64.1 Å². The molecule has 0 unspecified atom stereocenters. The van der Waals surface area contributed by atoms with Crippen LogP contribution in [0.1, 0.15) is 24.2 Å². The summed E-state index contributed by atoms with van der Waals surface area (Å²) < 4.78 is 0.809. The fourth-order valence-electron chi connectivity index (χ4n) is 2.37. The van der Waals surface area contributed by atoms with Crippen LogP contribution in [0.2, 0.25) is 0 Å². The van der Waals surface area contributed by atoms with Crippen LogP contribution in [0.25, 0.3) is 0 Å². The molecule has 110 valence electrons. The SMILES string of the molecule is CC(C)(O)CN1CCN(C(=O)c2cncc(Br)c2)CC1. The zero-order chi connectivity index (χ0) is 14.8. The van der Waals surface area contributed by atoms with Crippen LogP contribution in [0.15, 0.2) is 22.9 Å². The second-order valence-corrected chi connectivity index (χ2v) is 6.69. The van der Waals surface area contributed by atoms with E-state index in [0.717, 1.165) is 17.6 Å². The van der Waals surface area contributed by atoms with Gasteiger partial charge in [-0.05, 0) is 35.8 Å². The molecule has 0 aromatic carbocycles. The van der Waals surface area contributed by atoms with Crippen molar-refractivity contribution < 1.29 is 9.90 Å². The Bertz CT molecular complexity index is 480. The van der Waals surface area contributed by atoms with Gasteiger partial charge >= 0.3 is 0 Å². The maximum Gasteiger partial charge on any atom is 0.255 e. The minimum absolute atomic E-state index is 0.0155. The maximum atomic E-state index is 12.3. The topological polar surface area (TPSA) is 56.7 Å². The molecular formula is C14H20BrN3O2. The molecule has 0 spiro atoms. The maximum absolute atomic E-state index is 12.3. The number of nitrogens with zero attached hydrogens (tertiary/aromatic N) is 3. The summed E-state index contributed by atoms with van der Waals surface area (Å²) in [6.07, 6.45) is 3.26. The molecule has 1 N–H and O–H groups in total. The average Bonchev–Trinajstić information content (AvgIpc) is 2.37. The number of amides is 1. The van der Waals surface area contributed by atoms with E-state index in [1.807, 2.05) is 4.90 Å². The first-order chi connectivity index (χ1) is 9.35. The Morgan fingerprint density at radius 2 is 2.00 bits per heavy atom. The third kappa shape index (κ3) is 4.26. The molecule has 1 aliphatic heterocycles. The van der Waals surface area contributed by atoms with E-state index in [1.54, 1.807) is 32.3 Å². The summed E-state index contributed by atoms with van der Waals surface area (Å²) in [6.45, 7) is 7.18. The zero-order valence-electron chi connectivity index (χ0n) is 11.8. The van der Waals surface area contributed by atoms with Crippen LogP contribution in [-0.2, 0) is 0 Å². The molecule has 0 bridgehead atoms. The second kappa shape index (κ2) is 6.20. The number of aromatic nitrogens is 1. The van der Waals surface area contributed by atoms with Gasteiger partial charge in [-0.3, -0.25) is 14.7 Å². The van der Waals surface area contributed by atoms with Gasteiger partial charge in [0.1, 0.15) is 0 Å². The number of aliphatic hydroxyl groups is 1. The van der Waals surface area contributed by atoms with Crippen molar-refractivity contribution in [3.63, 3.8) is 0 Å². The van der Waals surface area contributed by atoms with E-state index >= 15 is 0 Å². The molecule has 1 aromatic rings. The predicted molar refractivity (Wildman–Crippen MR) is 80.6 cm³/mol. The lowest BCUT2D eigenvalue weighted by atomic mass is 10.1. The largest absolute Gasteiger partial charge is 0.389 e. The molecule has 2 heterocycles. The van der Waals surface area contributed by atoms with Crippen LogP contribution >= 0.6 is 15.9 Å². The first-order valence-electron chi connectivity index (χ1n) is 6.70. The van der Waals surface area contributed by atoms with E-state index in [0.29, 0.717) is 25.2 Å². The van der Waals surface area contributed by atoms with E-state index in [1.165, 1.54) is 0 Å². The summed E-state index contributed by atoms with van der Waals surface area (Å²) in [7, 11) is 0. The predicted octanol–water partition coefficient (Wildman–Crippen LogP) is 1.37. The molecular weight excluding hydrogens is 322 g/mol. The Morgan fingerprint density at radius 1 is 1.35 bits per heavy atom. The highest BCUT2D eigenvalue weighted by Gasteiger charge is 2.25. The van der Waals surface area contributed by atoms with Gasteiger partial charge in [0.25, 0.3) is 5.91 Å². The van der Waals surface area contributed by atoms with Gasteiger partial charge in [0.2, 0.25) is 0 Å². The highest BCUT2D eigenvalue weighted by molar-refractivity contribution is 9.10. The molecule has 0 radical (unpaired) electrons. The monoisotopic (exact) mass is 341 g/mol. The number of halogens is 1. The molecule has 0 aliphatic carbocycles. The van der Waals surface area contributed by atoms with Crippen LogP contribution in [0, 0.1) is 0 Å². The second-order valence-electron chi connectivity index (χ2n) is 5.77. The molecule has 2 rings (SSSR count). The van der Waals surface area contributed by atoms with E-state index in [9.17, 15) is 9.90 Å². The van der Waals surface area contributed by atoms with E-state index in [4.69, 9.17) is 0 Å². The van der Waals surface area contributed by atoms with Gasteiger partial charge in [-0.15, -0.1) is 0 Å². The summed E-state index contributed by atoms with van der Waals surface area (Å²) in [5, 5.41) is 9.82. The molecule has 20 heavy (non-hydrogen) atoms. The summed E-state index contributed by atoms with van der Waals surface area (Å²) in [5.41, 5.74) is -0.0873. The molecule has 1 saturated heterocycles. The van der Waals surface area contributed by atoms with Gasteiger partial charge in [0, 0.05) is 49.6 Å². The van der Waals surface area contributed by atoms with Crippen molar-refractivity contribution in [3.05, 3.63) is 28.5 Å². The number of hydrogen-bond donors (Lipinski definition) is 1. The van der Waals surface area contributed by atoms with Crippen molar-refractivity contribution in [2.45, 2.75) is 19.4 Å². The van der Waals surface area contributed by atoms with Crippen molar-refractivity contribution in [2.75, 3.05) is 32.7 Å². The Morgan fingerprint density at radius 3 is 2.55 bits per heavy atom. The van der Waals surface area contributed by atoms with Crippen LogP contribution < -0.4 is 0 Å². The minimum atomic E-state index is -0.694. The minimum Gasteiger partial charge on any atom is -0.389 e. The fraction of sp³-hybridized carbons (Fsp3) is 0.571. The molecule has 1 aromatic heterocycles. The van der Waals surface area contributed by atoms with E-state index < -0.39 is 5.60 Å². The van der Waals surface area contributed by atoms with Gasteiger partial charge in [-0.2, -0.15) is 0 Å². The number of pyridine rings is 1. The lowest BCUT2D eigenvalue weighted by molar-refractivity contribution is 0.0178. The molecule has 0 atom stereocenters. The van der Waals surface area contributed by atoms with E-state index in [-0.39, 0.29) is 5.91 Å². The van der Waals surface area contributed by atoms with Gasteiger partial charge in [-0.1, -0.05) is 0 Å². The molecule has 0 saturated carbocycles. The normalized spacial score (nSPS) is 17.3. The lowest BCUT2D eigenvalue weighted by Crippen LogP contribution is -2.52. The molecule has 1 fully saturated rings. The van der Waals surface area contributed by atoms with Crippen molar-refractivity contribution in [3.8, 4) is 0 Å². The van der Waals surface area contributed by atoms with Gasteiger partial charge < -0.3 is 10.0 Å². The number of rotatable bonds is 3. The molecule has 5 nitrogen and oxygen atoms in total. The fourth-order valence-corrected chi connectivity index (χ4v) is 2.73. The van der Waals surface area contributed by atoms with Crippen LogP contribution in [0.5, 0.6) is 0 Å². The number of piperazine rings is 1. The Kier molecular flexibility index (Phi) is 4.78. The van der Waals surface area contributed by atoms with Crippen molar-refractivity contribution in [2.24, 2.45) is 0 Å². The smallest absolute Gasteiger partial charge is 0.255 e. The van der Waals surface area contributed by atoms with Gasteiger partial charge in [-0.25, -0.2) is 0 Å². The number of carbonyl (C=O) groups is 1. The Balaban J connectivity index is 1.92. The zero-order valence-corrected chi connectivity index (χ0v) is 13.4. The van der Waals surface area contributed by atoms with Crippen molar-refractivity contribution >= 4 is 21.8 Å². The lowest BCUT2D eigenvalue weighted by Gasteiger charge is -2.37. The average molecular weight is 342 g/mol. The van der Waals surface area contributed by atoms with Crippen molar-refractivity contribution in [1.29, 1.82) is 0 Å². The third-order valence-electron chi connectivity index (χ3n) is 3.22. The quantitative estimate of drug-likeness (QED) is 0.902. The van der Waals surface area contributed by atoms with Crippen LogP contribution in [0.4, 0.5) is 0 Å². The van der Waals surface area contributed by atoms with E-state index in [2.05, 4.69) is 25.8 Å². The Hall–Kier alpha value is -0.980. The molecule has 6 heteroatoms. The summed E-state index contributed by atoms with van der Waals surface area (Å²) >= 11 is 3.33. The summed E-state index contributed by atoms with van der Waals surface area (Å²) in [5.74, 6) is 0.0155. The van der Waals surface area contributed by atoms with Crippen molar-refractivity contribution in [1.82, 2.24) is 14.8 Å². The first-order valence-corrected chi connectivity index (χ1v) is 7.49. The van der Waals surface area contributed by atoms with Crippen LogP contribution in [0.3, 0.4) is 0 Å². The van der Waals surface area contributed by atoms with Gasteiger partial charge in [0.15, 0.2) is 0 Å². The molecule has 1 aliphatic rings. The Labute approximate surface area is 127 Å². The number of hydrogen-bond acceptors (Lipinski definition) is 4.